The Morgan fingerprint density at radius 2 is 2.32 bits per heavy atom. The highest BCUT2D eigenvalue weighted by Gasteiger charge is 2.23. The number of guanidine groups is 1. The predicted octanol–water partition coefficient (Wildman–Crippen LogP) is 2.01. The Morgan fingerprint density at radius 1 is 1.48 bits per heavy atom. The number of nitrogens with one attached hydrogen (secondary N) is 2. The van der Waals surface area contributed by atoms with Crippen LogP contribution in [0.4, 0.5) is 0 Å². The Kier molecular flexibility index (Phi) is 11.1. The summed E-state index contributed by atoms with van der Waals surface area (Å²) in [6, 6.07) is 4.15. The first-order chi connectivity index (χ1) is 11.7. The minimum absolute atomic E-state index is 0. The molecule has 1 atom stereocenters. The van der Waals surface area contributed by atoms with Crippen molar-refractivity contribution in [2.45, 2.75) is 32.7 Å². The van der Waals surface area contributed by atoms with E-state index < -0.39 is 0 Å². The van der Waals surface area contributed by atoms with E-state index in [4.69, 9.17) is 5.73 Å². The van der Waals surface area contributed by atoms with Crippen molar-refractivity contribution in [3.63, 3.8) is 0 Å². The highest BCUT2D eigenvalue weighted by atomic mass is 127. The molecule has 1 amide bonds. The number of carbonyl (C=O) groups is 1. The third-order valence-corrected chi connectivity index (χ3v) is 5.03. The molecule has 4 N–H and O–H groups in total. The lowest BCUT2D eigenvalue weighted by Crippen LogP contribution is -2.43. The zero-order valence-electron chi connectivity index (χ0n) is 14.9. The molecule has 1 aliphatic heterocycles. The number of hydrogen-bond acceptors (Lipinski definition) is 4. The molecule has 1 unspecified atom stereocenters. The van der Waals surface area contributed by atoms with E-state index in [1.807, 2.05) is 6.07 Å². The molecule has 0 spiro atoms. The second-order valence-electron chi connectivity index (χ2n) is 6.10. The monoisotopic (exact) mass is 479 g/mol. The van der Waals surface area contributed by atoms with Crippen LogP contribution in [0.15, 0.2) is 22.5 Å². The van der Waals surface area contributed by atoms with Crippen molar-refractivity contribution >= 4 is 47.2 Å². The van der Waals surface area contributed by atoms with Crippen LogP contribution in [0.25, 0.3) is 0 Å². The standard InChI is InChI=1S/C17H29N5OS.HI/c1-2-19-17(21-12-15-7-4-11-24-15)20-8-5-10-22-9-3-6-14(13-22)16(18)23;/h4,7,11,14H,2-3,5-6,8-10,12-13H2,1H3,(H2,18,23)(H2,19,20,21);1H. The summed E-state index contributed by atoms with van der Waals surface area (Å²) < 4.78 is 0. The molecule has 25 heavy (non-hydrogen) atoms. The predicted molar refractivity (Wildman–Crippen MR) is 116 cm³/mol. The number of amides is 1. The molecule has 1 aliphatic rings. The first-order valence-corrected chi connectivity index (χ1v) is 9.63. The number of rotatable bonds is 8. The van der Waals surface area contributed by atoms with Crippen LogP contribution >= 0.6 is 35.3 Å². The fraction of sp³-hybridized carbons (Fsp3) is 0.647. The molecule has 6 nitrogen and oxygen atoms in total. The quantitative estimate of drug-likeness (QED) is 0.231. The van der Waals surface area contributed by atoms with Gasteiger partial charge in [0.2, 0.25) is 5.91 Å². The van der Waals surface area contributed by atoms with Gasteiger partial charge in [-0.3, -0.25) is 4.79 Å². The van der Waals surface area contributed by atoms with Gasteiger partial charge in [0.25, 0.3) is 0 Å². The van der Waals surface area contributed by atoms with Crippen molar-refractivity contribution in [2.24, 2.45) is 16.6 Å². The number of hydrogen-bond donors (Lipinski definition) is 3. The minimum Gasteiger partial charge on any atom is -0.369 e. The highest BCUT2D eigenvalue weighted by Crippen LogP contribution is 2.15. The van der Waals surface area contributed by atoms with Gasteiger partial charge < -0.3 is 21.3 Å². The zero-order chi connectivity index (χ0) is 17.2. The normalized spacial score (nSPS) is 18.4. The fourth-order valence-corrected chi connectivity index (χ4v) is 3.53. The van der Waals surface area contributed by atoms with E-state index in [0.717, 1.165) is 57.9 Å². The largest absolute Gasteiger partial charge is 0.369 e. The van der Waals surface area contributed by atoms with Gasteiger partial charge in [-0.15, -0.1) is 35.3 Å². The highest BCUT2D eigenvalue weighted by molar-refractivity contribution is 14.0. The smallest absolute Gasteiger partial charge is 0.221 e. The number of carbonyl (C=O) groups excluding carboxylic acids is 1. The van der Waals surface area contributed by atoms with Gasteiger partial charge in [-0.1, -0.05) is 6.07 Å². The average Bonchev–Trinajstić information content (AvgIpc) is 3.10. The van der Waals surface area contributed by atoms with Crippen LogP contribution in [0.2, 0.25) is 0 Å². The maximum atomic E-state index is 11.3. The molecule has 0 radical (unpaired) electrons. The Hall–Kier alpha value is -0.870. The lowest BCUT2D eigenvalue weighted by atomic mass is 9.97. The number of primary amides is 1. The number of nitrogens with zero attached hydrogens (tertiary/aromatic N) is 2. The second-order valence-corrected chi connectivity index (χ2v) is 7.13. The Bertz CT molecular complexity index is 523. The van der Waals surface area contributed by atoms with E-state index in [-0.39, 0.29) is 35.8 Å². The number of piperidine rings is 1. The maximum absolute atomic E-state index is 11.3. The summed E-state index contributed by atoms with van der Waals surface area (Å²) in [6.07, 6.45) is 3.02. The number of nitrogens with two attached hydrogens (primary N) is 1. The molecular formula is C17H30IN5OS. The SMILES string of the molecule is CCNC(=NCc1cccs1)NCCCN1CCCC(C(N)=O)C1.I. The second kappa shape index (κ2) is 12.5. The van der Waals surface area contributed by atoms with Crippen LogP contribution < -0.4 is 16.4 Å². The molecule has 2 heterocycles. The number of likely N-dealkylation sites (tertiary alicyclic amines) is 1. The summed E-state index contributed by atoms with van der Waals surface area (Å²) in [5.41, 5.74) is 5.43. The van der Waals surface area contributed by atoms with Gasteiger partial charge in [-0.05, 0) is 50.7 Å². The summed E-state index contributed by atoms with van der Waals surface area (Å²) >= 11 is 1.73. The van der Waals surface area contributed by atoms with Crippen LogP contribution in [0.3, 0.4) is 0 Å². The van der Waals surface area contributed by atoms with Gasteiger partial charge in [0.15, 0.2) is 5.96 Å². The molecule has 8 heteroatoms. The molecule has 1 saturated heterocycles. The average molecular weight is 479 g/mol. The summed E-state index contributed by atoms with van der Waals surface area (Å²) in [4.78, 5) is 19.5. The molecule has 142 valence electrons. The minimum atomic E-state index is -0.159. The van der Waals surface area contributed by atoms with Crippen LogP contribution in [-0.2, 0) is 11.3 Å². The van der Waals surface area contributed by atoms with Crippen molar-refractivity contribution in [1.82, 2.24) is 15.5 Å². The molecular weight excluding hydrogens is 449 g/mol. The van der Waals surface area contributed by atoms with Gasteiger partial charge in [-0.25, -0.2) is 4.99 Å². The molecule has 0 aromatic carbocycles. The number of halogens is 1. The van der Waals surface area contributed by atoms with E-state index in [2.05, 4.69) is 38.9 Å². The first-order valence-electron chi connectivity index (χ1n) is 8.75. The van der Waals surface area contributed by atoms with E-state index in [0.29, 0.717) is 6.54 Å². The Balaban J connectivity index is 0.00000312. The lowest BCUT2D eigenvalue weighted by molar-refractivity contribution is -0.123. The van der Waals surface area contributed by atoms with Crippen molar-refractivity contribution in [3.05, 3.63) is 22.4 Å². The molecule has 0 aliphatic carbocycles. The molecule has 2 rings (SSSR count). The number of thiophene rings is 1. The Morgan fingerprint density at radius 3 is 3.00 bits per heavy atom. The third-order valence-electron chi connectivity index (χ3n) is 4.17. The van der Waals surface area contributed by atoms with Crippen molar-refractivity contribution in [2.75, 3.05) is 32.7 Å². The van der Waals surface area contributed by atoms with E-state index in [1.165, 1.54) is 4.88 Å². The summed E-state index contributed by atoms with van der Waals surface area (Å²) in [7, 11) is 0. The topological polar surface area (TPSA) is 82.8 Å². The van der Waals surface area contributed by atoms with Crippen LogP contribution in [0.5, 0.6) is 0 Å². The van der Waals surface area contributed by atoms with Crippen LogP contribution in [0, 0.1) is 5.92 Å². The van der Waals surface area contributed by atoms with Gasteiger partial charge in [-0.2, -0.15) is 0 Å². The Labute approximate surface area is 171 Å². The first kappa shape index (κ1) is 22.2. The van der Waals surface area contributed by atoms with Gasteiger partial charge in [0, 0.05) is 24.5 Å². The van der Waals surface area contributed by atoms with Crippen molar-refractivity contribution < 1.29 is 4.79 Å². The molecule has 1 aromatic rings. The molecule has 0 saturated carbocycles. The van der Waals surface area contributed by atoms with Crippen molar-refractivity contribution in [1.29, 1.82) is 0 Å². The summed E-state index contributed by atoms with van der Waals surface area (Å²) in [6.45, 7) is 7.36. The van der Waals surface area contributed by atoms with Crippen molar-refractivity contribution in [3.8, 4) is 0 Å². The molecule has 0 bridgehead atoms. The molecule has 1 aromatic heterocycles. The van der Waals surface area contributed by atoms with Gasteiger partial charge in [0.05, 0.1) is 12.5 Å². The van der Waals surface area contributed by atoms with E-state index in [1.54, 1.807) is 11.3 Å². The van der Waals surface area contributed by atoms with Crippen LogP contribution in [-0.4, -0.2) is 49.5 Å². The summed E-state index contributed by atoms with van der Waals surface area (Å²) in [5, 5.41) is 8.73. The van der Waals surface area contributed by atoms with Crippen LogP contribution in [0.1, 0.15) is 31.1 Å². The maximum Gasteiger partial charge on any atom is 0.221 e. The third kappa shape index (κ3) is 8.37. The summed E-state index contributed by atoms with van der Waals surface area (Å²) in [5.74, 6) is 0.726. The lowest BCUT2D eigenvalue weighted by Gasteiger charge is -2.31. The van der Waals surface area contributed by atoms with E-state index in [9.17, 15) is 4.79 Å². The molecule has 1 fully saturated rings. The van der Waals surface area contributed by atoms with E-state index >= 15 is 0 Å². The fourth-order valence-electron chi connectivity index (χ4n) is 2.90. The van der Waals surface area contributed by atoms with Gasteiger partial charge >= 0.3 is 0 Å². The van der Waals surface area contributed by atoms with Gasteiger partial charge in [0.1, 0.15) is 0 Å². The zero-order valence-corrected chi connectivity index (χ0v) is 18.0. The number of aliphatic imine (C=N–C) groups is 1.